The molecule has 0 saturated carbocycles. The lowest BCUT2D eigenvalue weighted by Gasteiger charge is -2.25. The number of carbonyl (C=O) groups is 2. The molecule has 0 spiro atoms. The minimum atomic E-state index is -4.76. The van der Waals surface area contributed by atoms with Gasteiger partial charge in [0.15, 0.2) is 0 Å². The SMILES string of the molecule is CC(C)C(NC(=O)OC(C)(C)C)C(=O)NCc1ccc(F)cc1C(F)(F)F. The molecule has 0 aromatic heterocycles. The van der Waals surface area contributed by atoms with E-state index < -0.39 is 47.7 Å². The second kappa shape index (κ2) is 8.58. The fourth-order valence-electron chi connectivity index (χ4n) is 2.23. The summed E-state index contributed by atoms with van der Waals surface area (Å²) in [4.78, 5) is 24.2. The Morgan fingerprint density at radius 3 is 2.22 bits per heavy atom. The average molecular weight is 392 g/mol. The maximum atomic E-state index is 13.1. The maximum Gasteiger partial charge on any atom is 0.416 e. The van der Waals surface area contributed by atoms with Gasteiger partial charge in [-0.05, 0) is 44.4 Å². The van der Waals surface area contributed by atoms with Crippen molar-refractivity contribution >= 4 is 12.0 Å². The predicted molar refractivity (Wildman–Crippen MR) is 91.2 cm³/mol. The van der Waals surface area contributed by atoms with E-state index in [9.17, 15) is 27.2 Å². The highest BCUT2D eigenvalue weighted by molar-refractivity contribution is 5.85. The number of ether oxygens (including phenoxy) is 1. The lowest BCUT2D eigenvalue weighted by atomic mass is 10.0. The normalized spacial score (nSPS) is 13.3. The Hall–Kier alpha value is -2.32. The van der Waals surface area contributed by atoms with Gasteiger partial charge in [-0.25, -0.2) is 9.18 Å². The van der Waals surface area contributed by atoms with Gasteiger partial charge in [0, 0.05) is 6.54 Å². The van der Waals surface area contributed by atoms with Crippen LogP contribution in [0.1, 0.15) is 45.7 Å². The van der Waals surface area contributed by atoms with Gasteiger partial charge in [0.2, 0.25) is 5.91 Å². The molecule has 5 nitrogen and oxygen atoms in total. The monoisotopic (exact) mass is 392 g/mol. The third-order valence-corrected chi connectivity index (χ3v) is 3.45. The van der Waals surface area contributed by atoms with Gasteiger partial charge >= 0.3 is 12.3 Å². The third kappa shape index (κ3) is 7.44. The van der Waals surface area contributed by atoms with Gasteiger partial charge in [0.05, 0.1) is 5.56 Å². The molecule has 0 bridgehead atoms. The number of hydrogen-bond donors (Lipinski definition) is 2. The molecule has 1 aromatic carbocycles. The highest BCUT2D eigenvalue weighted by Crippen LogP contribution is 2.32. The Balaban J connectivity index is 2.86. The molecular formula is C18H24F4N2O3. The second-order valence-corrected chi connectivity index (χ2v) is 7.38. The lowest BCUT2D eigenvalue weighted by molar-refractivity contribution is -0.138. The Kier molecular flexibility index (Phi) is 7.22. The maximum absolute atomic E-state index is 13.1. The molecule has 1 unspecified atom stereocenters. The van der Waals surface area contributed by atoms with Crippen LogP contribution in [-0.4, -0.2) is 23.6 Å². The van der Waals surface area contributed by atoms with Crippen molar-refractivity contribution < 1.29 is 31.9 Å². The minimum absolute atomic E-state index is 0.281. The van der Waals surface area contributed by atoms with Crippen LogP contribution in [0.2, 0.25) is 0 Å². The molecule has 0 aliphatic carbocycles. The van der Waals surface area contributed by atoms with Crippen molar-refractivity contribution in [3.8, 4) is 0 Å². The zero-order valence-electron chi connectivity index (χ0n) is 15.8. The van der Waals surface area contributed by atoms with Gasteiger partial charge in [0.25, 0.3) is 0 Å². The van der Waals surface area contributed by atoms with E-state index in [1.165, 1.54) is 0 Å². The quantitative estimate of drug-likeness (QED) is 0.744. The first-order valence-electron chi connectivity index (χ1n) is 8.33. The minimum Gasteiger partial charge on any atom is -0.444 e. The van der Waals surface area contributed by atoms with Crippen LogP contribution in [0.5, 0.6) is 0 Å². The molecule has 1 atom stereocenters. The molecule has 0 aliphatic heterocycles. The number of nitrogens with one attached hydrogen (secondary N) is 2. The van der Waals surface area contributed by atoms with Crippen LogP contribution in [0.4, 0.5) is 22.4 Å². The number of amides is 2. The smallest absolute Gasteiger partial charge is 0.416 e. The topological polar surface area (TPSA) is 67.4 Å². The molecule has 9 heteroatoms. The molecule has 1 aromatic rings. The Morgan fingerprint density at radius 1 is 1.15 bits per heavy atom. The number of hydrogen-bond acceptors (Lipinski definition) is 3. The van der Waals surface area contributed by atoms with Gasteiger partial charge in [-0.15, -0.1) is 0 Å². The van der Waals surface area contributed by atoms with E-state index in [-0.39, 0.29) is 11.5 Å². The standard InChI is InChI=1S/C18H24F4N2O3/c1-10(2)14(24-16(26)27-17(3,4)5)15(25)23-9-11-6-7-12(19)8-13(11)18(20,21)22/h6-8,10,14H,9H2,1-5H3,(H,23,25)(H,24,26). The summed E-state index contributed by atoms with van der Waals surface area (Å²) in [6.07, 6.45) is -5.57. The molecule has 0 saturated heterocycles. The molecule has 2 amide bonds. The van der Waals surface area contributed by atoms with E-state index >= 15 is 0 Å². The third-order valence-electron chi connectivity index (χ3n) is 3.45. The summed E-state index contributed by atoms with van der Waals surface area (Å²) >= 11 is 0. The van der Waals surface area contributed by atoms with Crippen molar-refractivity contribution in [1.82, 2.24) is 10.6 Å². The molecule has 0 aliphatic rings. The van der Waals surface area contributed by atoms with Crippen molar-refractivity contribution in [3.05, 3.63) is 35.1 Å². The zero-order chi connectivity index (χ0) is 21.0. The Morgan fingerprint density at radius 2 is 1.74 bits per heavy atom. The van der Waals surface area contributed by atoms with Crippen molar-refractivity contribution in [3.63, 3.8) is 0 Å². The van der Waals surface area contributed by atoms with E-state index in [1.807, 2.05) is 0 Å². The number of alkyl carbamates (subject to hydrolysis) is 1. The average Bonchev–Trinajstić information content (AvgIpc) is 2.48. The molecule has 152 valence electrons. The number of carbonyl (C=O) groups excluding carboxylic acids is 2. The number of alkyl halides is 3. The zero-order valence-corrected chi connectivity index (χ0v) is 15.8. The molecular weight excluding hydrogens is 368 g/mol. The molecule has 2 N–H and O–H groups in total. The van der Waals surface area contributed by atoms with Crippen LogP contribution in [0.3, 0.4) is 0 Å². The second-order valence-electron chi connectivity index (χ2n) is 7.38. The Bertz CT molecular complexity index is 682. The summed E-state index contributed by atoms with van der Waals surface area (Å²) < 4.78 is 57.3. The number of halogens is 4. The van der Waals surface area contributed by atoms with Crippen molar-refractivity contribution in [2.24, 2.45) is 5.92 Å². The summed E-state index contributed by atoms with van der Waals surface area (Å²) in [6.45, 7) is 7.84. The van der Waals surface area contributed by atoms with E-state index in [1.54, 1.807) is 34.6 Å². The van der Waals surface area contributed by atoms with Crippen LogP contribution in [-0.2, 0) is 22.3 Å². The fraction of sp³-hybridized carbons (Fsp3) is 0.556. The van der Waals surface area contributed by atoms with E-state index in [4.69, 9.17) is 4.74 Å². The molecule has 27 heavy (non-hydrogen) atoms. The van der Waals surface area contributed by atoms with Gasteiger partial charge in [-0.3, -0.25) is 4.79 Å². The highest BCUT2D eigenvalue weighted by Gasteiger charge is 2.34. The van der Waals surface area contributed by atoms with Crippen molar-refractivity contribution in [2.45, 2.75) is 59.0 Å². The van der Waals surface area contributed by atoms with Crippen molar-refractivity contribution in [2.75, 3.05) is 0 Å². The summed E-state index contributed by atoms with van der Waals surface area (Å²) in [7, 11) is 0. The Labute approximate surface area is 155 Å². The largest absolute Gasteiger partial charge is 0.444 e. The van der Waals surface area contributed by atoms with E-state index in [0.29, 0.717) is 6.07 Å². The molecule has 1 rings (SSSR count). The summed E-state index contributed by atoms with van der Waals surface area (Å²) in [5.74, 6) is -2.04. The first-order valence-corrected chi connectivity index (χ1v) is 8.33. The fourth-order valence-corrected chi connectivity index (χ4v) is 2.23. The van der Waals surface area contributed by atoms with E-state index in [2.05, 4.69) is 10.6 Å². The van der Waals surface area contributed by atoms with Crippen molar-refractivity contribution in [1.29, 1.82) is 0 Å². The summed E-state index contributed by atoms with van der Waals surface area (Å²) in [6, 6.07) is 1.22. The molecule has 0 heterocycles. The predicted octanol–water partition coefficient (Wildman–Crippen LogP) is 4.01. The van der Waals surface area contributed by atoms with Gasteiger partial charge < -0.3 is 15.4 Å². The number of rotatable bonds is 5. The van der Waals surface area contributed by atoms with Crippen LogP contribution in [0.15, 0.2) is 18.2 Å². The van der Waals surface area contributed by atoms with Gasteiger partial charge in [-0.1, -0.05) is 19.9 Å². The summed E-state index contributed by atoms with van der Waals surface area (Å²) in [5.41, 5.74) is -2.21. The molecule has 0 radical (unpaired) electrons. The van der Waals surface area contributed by atoms with E-state index in [0.717, 1.165) is 12.1 Å². The first kappa shape index (κ1) is 22.7. The number of benzene rings is 1. The lowest BCUT2D eigenvalue weighted by Crippen LogP contribution is -2.50. The van der Waals surface area contributed by atoms with Crippen LogP contribution in [0.25, 0.3) is 0 Å². The summed E-state index contributed by atoms with van der Waals surface area (Å²) in [5, 5.41) is 4.76. The highest BCUT2D eigenvalue weighted by atomic mass is 19.4. The first-order chi connectivity index (χ1) is 12.2. The van der Waals surface area contributed by atoms with Crippen LogP contribution >= 0.6 is 0 Å². The molecule has 0 fully saturated rings. The van der Waals surface area contributed by atoms with Crippen LogP contribution in [0, 0.1) is 11.7 Å². The van der Waals surface area contributed by atoms with Gasteiger partial charge in [0.1, 0.15) is 17.5 Å². The van der Waals surface area contributed by atoms with Gasteiger partial charge in [-0.2, -0.15) is 13.2 Å². The van der Waals surface area contributed by atoms with Crippen LogP contribution < -0.4 is 10.6 Å².